The number of thiazole rings is 1. The first-order valence-corrected chi connectivity index (χ1v) is 11.3. The normalized spacial score (nSPS) is 10.7. The van der Waals surface area contributed by atoms with E-state index in [2.05, 4.69) is 42.7 Å². The summed E-state index contributed by atoms with van der Waals surface area (Å²) in [5, 5.41) is 7.24. The summed E-state index contributed by atoms with van der Waals surface area (Å²) in [5.41, 5.74) is 2.83. The van der Waals surface area contributed by atoms with Crippen molar-refractivity contribution in [2.45, 2.75) is 19.3 Å². The van der Waals surface area contributed by atoms with Crippen LogP contribution in [0.5, 0.6) is 5.88 Å². The number of benzene rings is 1. The Labute approximate surface area is 195 Å². The maximum atomic E-state index is 10.2. The number of carbonyl (C=O) groups excluding carboxylic acids is 1. The molecule has 0 unspecified atom stereocenters. The maximum Gasteiger partial charge on any atom is 0.293 e. The van der Waals surface area contributed by atoms with E-state index < -0.39 is 0 Å². The van der Waals surface area contributed by atoms with Gasteiger partial charge in [-0.2, -0.15) is 4.98 Å². The summed E-state index contributed by atoms with van der Waals surface area (Å²) in [4.78, 5) is 29.3. The molecule has 1 aromatic carbocycles. The molecule has 0 amide bonds. The molecule has 3 heterocycles. The van der Waals surface area contributed by atoms with Gasteiger partial charge >= 0.3 is 0 Å². The van der Waals surface area contributed by atoms with Crippen LogP contribution in [0.4, 0.5) is 16.9 Å². The number of unbranched alkanes of at least 4 members (excludes halogenated alkanes) is 1. The van der Waals surface area contributed by atoms with Crippen molar-refractivity contribution in [2.24, 2.45) is 0 Å². The van der Waals surface area contributed by atoms with Crippen LogP contribution >= 0.6 is 11.3 Å². The maximum absolute atomic E-state index is 10.2. The van der Waals surface area contributed by atoms with Gasteiger partial charge in [0.2, 0.25) is 11.8 Å². The Morgan fingerprint density at radius 1 is 1.03 bits per heavy atom. The minimum atomic E-state index is 0.406. The lowest BCUT2D eigenvalue weighted by Gasteiger charge is -2.10. The van der Waals surface area contributed by atoms with Crippen molar-refractivity contribution in [1.29, 1.82) is 0 Å². The molecule has 10 heteroatoms. The van der Waals surface area contributed by atoms with Crippen molar-refractivity contribution in [1.82, 2.24) is 19.9 Å². The topological polar surface area (TPSA) is 111 Å². The van der Waals surface area contributed by atoms with E-state index in [4.69, 9.17) is 9.47 Å². The largest absolute Gasteiger partial charge is 0.481 e. The molecule has 0 fully saturated rings. The number of pyridine rings is 1. The van der Waals surface area contributed by atoms with Gasteiger partial charge in [-0.3, -0.25) is 4.79 Å². The molecule has 4 rings (SSSR count). The first kappa shape index (κ1) is 22.4. The monoisotopic (exact) mass is 464 g/mol. The molecule has 0 radical (unpaired) electrons. The fourth-order valence-corrected chi connectivity index (χ4v) is 4.01. The highest BCUT2D eigenvalue weighted by Crippen LogP contribution is 2.28. The van der Waals surface area contributed by atoms with Crippen molar-refractivity contribution in [2.75, 3.05) is 30.9 Å². The van der Waals surface area contributed by atoms with Crippen molar-refractivity contribution >= 4 is 45.1 Å². The van der Waals surface area contributed by atoms with Crippen LogP contribution in [0, 0.1) is 0 Å². The van der Waals surface area contributed by atoms with Gasteiger partial charge in [-0.05, 0) is 24.5 Å². The average molecular weight is 465 g/mol. The van der Waals surface area contributed by atoms with Gasteiger partial charge in [0, 0.05) is 25.1 Å². The molecule has 0 aliphatic heterocycles. The highest BCUT2D eigenvalue weighted by Gasteiger charge is 2.10. The SMILES string of the molecule is COc1ccc2nc(Nc3cc(Cc4ccccc4)nc(NCCCCOC=O)n3)sc2n1. The summed E-state index contributed by atoms with van der Waals surface area (Å²) in [6, 6.07) is 15.8. The molecule has 33 heavy (non-hydrogen) atoms. The third kappa shape index (κ3) is 6.36. The lowest BCUT2D eigenvalue weighted by Crippen LogP contribution is -2.09. The summed E-state index contributed by atoms with van der Waals surface area (Å²) in [7, 11) is 1.59. The molecule has 0 bridgehead atoms. The smallest absolute Gasteiger partial charge is 0.293 e. The van der Waals surface area contributed by atoms with E-state index in [1.807, 2.05) is 30.3 Å². The van der Waals surface area contributed by atoms with E-state index in [1.54, 1.807) is 13.2 Å². The number of carbonyl (C=O) groups is 1. The molecule has 4 aromatic rings. The predicted octanol–water partition coefficient (Wildman–Crippen LogP) is 4.19. The minimum Gasteiger partial charge on any atom is -0.481 e. The van der Waals surface area contributed by atoms with Crippen LogP contribution < -0.4 is 15.4 Å². The Morgan fingerprint density at radius 2 is 1.91 bits per heavy atom. The van der Waals surface area contributed by atoms with Gasteiger partial charge in [0.1, 0.15) is 16.2 Å². The molecule has 3 aromatic heterocycles. The van der Waals surface area contributed by atoms with Gasteiger partial charge in [0.25, 0.3) is 6.47 Å². The molecule has 0 saturated heterocycles. The highest BCUT2D eigenvalue weighted by atomic mass is 32.1. The molecular weight excluding hydrogens is 440 g/mol. The van der Waals surface area contributed by atoms with E-state index in [1.165, 1.54) is 11.3 Å². The van der Waals surface area contributed by atoms with Gasteiger partial charge in [0.15, 0.2) is 5.13 Å². The second-order valence-electron chi connectivity index (χ2n) is 7.15. The Balaban J connectivity index is 1.52. The van der Waals surface area contributed by atoms with E-state index in [0.29, 0.717) is 48.8 Å². The minimum absolute atomic E-state index is 0.406. The highest BCUT2D eigenvalue weighted by molar-refractivity contribution is 7.21. The van der Waals surface area contributed by atoms with Gasteiger partial charge in [-0.25, -0.2) is 15.0 Å². The van der Waals surface area contributed by atoms with Crippen LogP contribution in [0.25, 0.3) is 10.3 Å². The van der Waals surface area contributed by atoms with Gasteiger partial charge < -0.3 is 20.1 Å². The summed E-state index contributed by atoms with van der Waals surface area (Å²) < 4.78 is 9.93. The lowest BCUT2D eigenvalue weighted by atomic mass is 10.1. The Bertz CT molecular complexity index is 1200. The Hall–Kier alpha value is -3.79. The van der Waals surface area contributed by atoms with E-state index in [0.717, 1.165) is 34.4 Å². The number of methoxy groups -OCH3 is 1. The number of hydrogen-bond acceptors (Lipinski definition) is 10. The number of ether oxygens (including phenoxy) is 2. The summed E-state index contributed by atoms with van der Waals surface area (Å²) in [6.45, 7) is 1.54. The molecule has 0 saturated carbocycles. The van der Waals surface area contributed by atoms with Crippen molar-refractivity contribution in [3.63, 3.8) is 0 Å². The van der Waals surface area contributed by atoms with Gasteiger partial charge in [-0.15, -0.1) is 0 Å². The lowest BCUT2D eigenvalue weighted by molar-refractivity contribution is -0.128. The zero-order chi connectivity index (χ0) is 22.9. The molecule has 2 N–H and O–H groups in total. The molecule has 0 atom stereocenters. The Kier molecular flexibility index (Phi) is 7.60. The first-order chi connectivity index (χ1) is 16.2. The standard InChI is InChI=1S/C23H24N6O3S/c1-31-20-10-9-18-21(29-20)33-23(26-18)28-19-14-17(13-16-7-3-2-4-8-16)25-22(27-19)24-11-5-6-12-32-15-30/h2-4,7-10,14-15H,5-6,11-13H2,1H3,(H2,24,25,26,27,28). The third-order valence-electron chi connectivity index (χ3n) is 4.72. The van der Waals surface area contributed by atoms with Crippen molar-refractivity contribution in [3.8, 4) is 5.88 Å². The second-order valence-corrected chi connectivity index (χ2v) is 8.13. The van der Waals surface area contributed by atoms with Crippen molar-refractivity contribution in [3.05, 3.63) is 59.8 Å². The number of hydrogen-bond donors (Lipinski definition) is 2. The van der Waals surface area contributed by atoms with Crippen LogP contribution in [0.2, 0.25) is 0 Å². The van der Waals surface area contributed by atoms with Crippen LogP contribution in [0.3, 0.4) is 0 Å². The average Bonchev–Trinajstić information content (AvgIpc) is 3.23. The number of rotatable bonds is 12. The first-order valence-electron chi connectivity index (χ1n) is 10.5. The predicted molar refractivity (Wildman–Crippen MR) is 128 cm³/mol. The second kappa shape index (κ2) is 11.2. The quantitative estimate of drug-likeness (QED) is 0.235. The summed E-state index contributed by atoms with van der Waals surface area (Å²) >= 11 is 1.43. The molecule has 170 valence electrons. The van der Waals surface area contributed by atoms with Crippen LogP contribution in [0.1, 0.15) is 24.1 Å². The summed E-state index contributed by atoms with van der Waals surface area (Å²) in [6.07, 6.45) is 2.27. The van der Waals surface area contributed by atoms with E-state index in [-0.39, 0.29) is 0 Å². The number of aromatic nitrogens is 4. The zero-order valence-electron chi connectivity index (χ0n) is 18.2. The number of nitrogens with zero attached hydrogens (tertiary/aromatic N) is 4. The van der Waals surface area contributed by atoms with E-state index in [9.17, 15) is 4.79 Å². The molecule has 9 nitrogen and oxygen atoms in total. The number of anilines is 3. The molecule has 0 spiro atoms. The van der Waals surface area contributed by atoms with Gasteiger partial charge in [0.05, 0.1) is 19.4 Å². The third-order valence-corrected chi connectivity index (χ3v) is 5.60. The van der Waals surface area contributed by atoms with Crippen molar-refractivity contribution < 1.29 is 14.3 Å². The zero-order valence-corrected chi connectivity index (χ0v) is 19.0. The molecule has 0 aliphatic rings. The fraction of sp³-hybridized carbons (Fsp3) is 0.261. The fourth-order valence-electron chi connectivity index (χ4n) is 3.17. The van der Waals surface area contributed by atoms with Crippen LogP contribution in [-0.4, -0.2) is 46.7 Å². The molecule has 0 aliphatic carbocycles. The van der Waals surface area contributed by atoms with E-state index >= 15 is 0 Å². The van der Waals surface area contributed by atoms with Crippen LogP contribution in [0.15, 0.2) is 48.5 Å². The van der Waals surface area contributed by atoms with Gasteiger partial charge in [-0.1, -0.05) is 41.7 Å². The number of fused-ring (bicyclic) bond motifs is 1. The molecular formula is C23H24N6O3S. The summed E-state index contributed by atoms with van der Waals surface area (Å²) in [5.74, 6) is 1.73. The number of nitrogens with one attached hydrogen (secondary N) is 2. The Morgan fingerprint density at radius 3 is 2.73 bits per heavy atom. The van der Waals surface area contributed by atoms with Crippen LogP contribution in [-0.2, 0) is 16.0 Å².